The number of amides is 1. The average Bonchev–Trinajstić information content (AvgIpc) is 2.86. The number of methoxy groups -OCH3 is 2. The van der Waals surface area contributed by atoms with E-state index in [4.69, 9.17) is 9.47 Å². The van der Waals surface area contributed by atoms with Crippen LogP contribution in [-0.4, -0.2) is 45.7 Å². The molecule has 1 saturated carbocycles. The van der Waals surface area contributed by atoms with Crippen molar-refractivity contribution in [2.75, 3.05) is 25.1 Å². The number of benzene rings is 2. The van der Waals surface area contributed by atoms with Gasteiger partial charge in [0, 0.05) is 17.8 Å². The van der Waals surface area contributed by atoms with E-state index in [2.05, 4.69) is 10.5 Å². The van der Waals surface area contributed by atoms with Gasteiger partial charge in [-0.1, -0.05) is 31.4 Å². The first-order chi connectivity index (χ1) is 17.3. The van der Waals surface area contributed by atoms with Crippen LogP contribution in [0.3, 0.4) is 0 Å². The smallest absolute Gasteiger partial charge is 0.289 e. The van der Waals surface area contributed by atoms with Crippen LogP contribution in [-0.2, 0) is 14.8 Å². The highest BCUT2D eigenvalue weighted by Gasteiger charge is 2.34. The van der Waals surface area contributed by atoms with Gasteiger partial charge in [0.25, 0.3) is 21.6 Å². The second kappa shape index (κ2) is 12.3. The van der Waals surface area contributed by atoms with E-state index in [0.29, 0.717) is 5.75 Å². The van der Waals surface area contributed by atoms with Gasteiger partial charge in [-0.15, -0.1) is 0 Å². The van der Waals surface area contributed by atoms with Gasteiger partial charge in [-0.05, 0) is 43.9 Å². The second-order valence-electron chi connectivity index (χ2n) is 8.26. The predicted octanol–water partition coefficient (Wildman–Crippen LogP) is 4.02. The lowest BCUT2D eigenvalue weighted by molar-refractivity contribution is -0.387. The van der Waals surface area contributed by atoms with Gasteiger partial charge in [0.05, 0.1) is 24.8 Å². The van der Waals surface area contributed by atoms with E-state index in [1.165, 1.54) is 51.0 Å². The molecule has 1 aliphatic rings. The summed E-state index contributed by atoms with van der Waals surface area (Å²) in [6, 6.07) is 9.35. The summed E-state index contributed by atoms with van der Waals surface area (Å²) in [5.41, 5.74) is 2.74. The lowest BCUT2D eigenvalue weighted by atomic mass is 9.99. The van der Waals surface area contributed by atoms with Crippen LogP contribution in [0, 0.1) is 10.1 Å². The molecule has 0 heterocycles. The summed E-state index contributed by atoms with van der Waals surface area (Å²) in [6.07, 6.45) is 6.89. The van der Waals surface area contributed by atoms with Crippen LogP contribution in [0.5, 0.6) is 11.5 Å². The van der Waals surface area contributed by atoms with Crippen molar-refractivity contribution in [1.29, 1.82) is 0 Å². The maximum absolute atomic E-state index is 13.7. The number of hydrazone groups is 1. The highest BCUT2D eigenvalue weighted by molar-refractivity contribution is 7.93. The maximum Gasteiger partial charge on any atom is 0.289 e. The minimum Gasteiger partial charge on any atom is -0.497 e. The molecule has 0 bridgehead atoms. The van der Waals surface area contributed by atoms with Crippen LogP contribution < -0.4 is 19.2 Å². The molecule has 11 nitrogen and oxygen atoms in total. The first-order valence-electron chi connectivity index (χ1n) is 11.6. The largest absolute Gasteiger partial charge is 0.497 e. The SMILES string of the molecule is COc1ccc(N(CC(=O)NN=C2CCCCCCC2)S(=O)(=O)c2ccccc2[N+](=O)[O-])c(OC)c1. The van der Waals surface area contributed by atoms with E-state index in [1.807, 2.05) is 0 Å². The Morgan fingerprint density at radius 3 is 2.36 bits per heavy atom. The molecule has 1 aliphatic carbocycles. The van der Waals surface area contributed by atoms with Crippen molar-refractivity contribution >= 4 is 33.0 Å². The third-order valence-corrected chi connectivity index (χ3v) is 7.65. The number of para-hydroxylation sites is 1. The highest BCUT2D eigenvalue weighted by Crippen LogP contribution is 2.37. The molecule has 0 atom stereocenters. The van der Waals surface area contributed by atoms with Crippen LogP contribution in [0.15, 0.2) is 52.5 Å². The fraction of sp³-hybridized carbons (Fsp3) is 0.417. The number of carbonyl (C=O) groups is 1. The average molecular weight is 519 g/mol. The molecule has 0 spiro atoms. The van der Waals surface area contributed by atoms with Crippen molar-refractivity contribution in [2.24, 2.45) is 5.10 Å². The molecule has 0 saturated heterocycles. The van der Waals surface area contributed by atoms with Gasteiger partial charge in [-0.25, -0.2) is 13.8 Å². The van der Waals surface area contributed by atoms with Crippen LogP contribution in [0.1, 0.15) is 44.9 Å². The molecule has 194 valence electrons. The Morgan fingerprint density at radius 1 is 1.06 bits per heavy atom. The Morgan fingerprint density at radius 2 is 1.72 bits per heavy atom. The first-order valence-corrected chi connectivity index (χ1v) is 13.0. The number of nitrogens with zero attached hydrogens (tertiary/aromatic N) is 3. The molecule has 3 rings (SSSR count). The van der Waals surface area contributed by atoms with Crippen molar-refractivity contribution < 1.29 is 27.6 Å². The molecule has 2 aromatic rings. The molecular weight excluding hydrogens is 488 g/mol. The van der Waals surface area contributed by atoms with Crippen molar-refractivity contribution in [3.05, 3.63) is 52.6 Å². The van der Waals surface area contributed by atoms with Gasteiger partial charge in [-0.2, -0.15) is 5.10 Å². The maximum atomic E-state index is 13.7. The standard InChI is InChI=1S/C24H30N4O7S/c1-34-19-14-15-20(22(16-19)35-2)27(36(32,33)23-13-9-8-12-21(23)28(30)31)17-24(29)26-25-18-10-6-4-3-5-7-11-18/h8-9,12-16H,3-7,10-11,17H2,1-2H3,(H,26,29). The fourth-order valence-corrected chi connectivity index (χ4v) is 5.56. The third kappa shape index (κ3) is 6.51. The number of sulfonamides is 1. The summed E-state index contributed by atoms with van der Waals surface area (Å²) < 4.78 is 38.8. The summed E-state index contributed by atoms with van der Waals surface area (Å²) in [5, 5.41) is 15.8. The zero-order valence-corrected chi connectivity index (χ0v) is 21.1. The molecule has 0 unspecified atom stereocenters. The second-order valence-corrected chi connectivity index (χ2v) is 10.1. The Labute approximate surface area is 210 Å². The molecule has 0 aromatic heterocycles. The van der Waals surface area contributed by atoms with Crippen LogP contribution in [0.25, 0.3) is 0 Å². The monoisotopic (exact) mass is 518 g/mol. The number of nitrogens with one attached hydrogen (secondary N) is 1. The molecular formula is C24H30N4O7S. The lowest BCUT2D eigenvalue weighted by Crippen LogP contribution is -2.40. The summed E-state index contributed by atoms with van der Waals surface area (Å²) in [7, 11) is -1.78. The van der Waals surface area contributed by atoms with Gasteiger partial charge in [-0.3, -0.25) is 19.2 Å². The van der Waals surface area contributed by atoms with E-state index in [0.717, 1.165) is 60.7 Å². The van der Waals surface area contributed by atoms with Crippen LogP contribution >= 0.6 is 0 Å². The summed E-state index contributed by atoms with van der Waals surface area (Å²) in [5.74, 6) is -0.181. The molecule has 0 radical (unpaired) electrons. The zero-order chi connectivity index (χ0) is 26.1. The number of nitro benzene ring substituents is 1. The zero-order valence-electron chi connectivity index (χ0n) is 20.3. The molecule has 1 amide bonds. The van der Waals surface area contributed by atoms with E-state index >= 15 is 0 Å². The van der Waals surface area contributed by atoms with Gasteiger partial charge in [0.1, 0.15) is 18.0 Å². The van der Waals surface area contributed by atoms with Crippen molar-refractivity contribution in [3.8, 4) is 11.5 Å². The van der Waals surface area contributed by atoms with Crippen molar-refractivity contribution in [2.45, 2.75) is 49.8 Å². The number of hydrogen-bond donors (Lipinski definition) is 1. The van der Waals surface area contributed by atoms with Crippen molar-refractivity contribution in [1.82, 2.24) is 5.43 Å². The Bertz CT molecular complexity index is 1220. The van der Waals surface area contributed by atoms with Crippen LogP contribution in [0.4, 0.5) is 11.4 Å². The van der Waals surface area contributed by atoms with E-state index in [9.17, 15) is 23.3 Å². The number of ether oxygens (including phenoxy) is 2. The van der Waals surface area contributed by atoms with Gasteiger partial charge in [0.2, 0.25) is 0 Å². The Balaban J connectivity index is 2.00. The molecule has 2 aromatic carbocycles. The Hall–Kier alpha value is -3.67. The summed E-state index contributed by atoms with van der Waals surface area (Å²) in [4.78, 5) is 23.2. The van der Waals surface area contributed by atoms with Crippen LogP contribution in [0.2, 0.25) is 0 Å². The number of carbonyl (C=O) groups excluding carboxylic acids is 1. The van der Waals surface area contributed by atoms with Crippen molar-refractivity contribution in [3.63, 3.8) is 0 Å². The van der Waals surface area contributed by atoms with E-state index < -0.39 is 38.0 Å². The molecule has 1 fully saturated rings. The van der Waals surface area contributed by atoms with E-state index in [-0.39, 0.29) is 11.4 Å². The Kier molecular flexibility index (Phi) is 9.23. The van der Waals surface area contributed by atoms with E-state index in [1.54, 1.807) is 0 Å². The lowest BCUT2D eigenvalue weighted by Gasteiger charge is -2.25. The van der Waals surface area contributed by atoms with Gasteiger partial charge in [0.15, 0.2) is 4.90 Å². The molecule has 1 N–H and O–H groups in total. The minimum absolute atomic E-state index is 0.0187. The molecule has 12 heteroatoms. The van der Waals surface area contributed by atoms with Gasteiger partial charge < -0.3 is 9.47 Å². The van der Waals surface area contributed by atoms with Gasteiger partial charge >= 0.3 is 0 Å². The topological polar surface area (TPSA) is 140 Å². The first kappa shape index (κ1) is 26.9. The number of nitro groups is 1. The highest BCUT2D eigenvalue weighted by atomic mass is 32.2. The molecule has 0 aliphatic heterocycles. The number of hydrogen-bond acceptors (Lipinski definition) is 8. The molecule has 36 heavy (non-hydrogen) atoms. The predicted molar refractivity (Wildman–Crippen MR) is 135 cm³/mol. The third-order valence-electron chi connectivity index (χ3n) is 5.84. The minimum atomic E-state index is -4.57. The number of anilines is 1. The number of rotatable bonds is 9. The summed E-state index contributed by atoms with van der Waals surface area (Å²) in [6.45, 7) is -0.673. The fourth-order valence-electron chi connectivity index (χ4n) is 3.97. The normalized spacial score (nSPS) is 14.2. The summed E-state index contributed by atoms with van der Waals surface area (Å²) >= 11 is 0. The quantitative estimate of drug-likeness (QED) is 0.390.